The largest absolute Gasteiger partial charge is 0.354 e. The van der Waals surface area contributed by atoms with E-state index in [9.17, 15) is 4.79 Å². The lowest BCUT2D eigenvalue weighted by Gasteiger charge is -2.33. The second-order valence-electron chi connectivity index (χ2n) is 4.31. The van der Waals surface area contributed by atoms with Crippen LogP contribution in [0.15, 0.2) is 12.3 Å². The average molecular weight is 219 g/mol. The Kier molecular flexibility index (Phi) is 3.19. The Morgan fingerprint density at radius 3 is 2.56 bits per heavy atom. The zero-order valence-corrected chi connectivity index (χ0v) is 9.81. The molecule has 1 aliphatic rings. The van der Waals surface area contributed by atoms with Gasteiger partial charge in [-0.2, -0.15) is 0 Å². The predicted molar refractivity (Wildman–Crippen MR) is 64.1 cm³/mol. The fraction of sp³-hybridized carbons (Fsp3) is 0.500. The van der Waals surface area contributed by atoms with E-state index >= 15 is 0 Å². The van der Waals surface area contributed by atoms with Crippen LogP contribution in [0.4, 0.5) is 5.82 Å². The Balaban J connectivity index is 2.15. The summed E-state index contributed by atoms with van der Waals surface area (Å²) in [5.41, 5.74) is 1.68. The Labute approximate surface area is 95.9 Å². The van der Waals surface area contributed by atoms with Gasteiger partial charge in [0.2, 0.25) is 0 Å². The molecule has 0 bridgehead atoms. The first-order chi connectivity index (χ1) is 7.70. The number of nitrogens with zero attached hydrogens (tertiary/aromatic N) is 3. The SMILES string of the molecule is Cc1cc(N2CCN(C)CC2)ncc1C=O. The van der Waals surface area contributed by atoms with Crippen molar-refractivity contribution in [2.75, 3.05) is 38.1 Å². The number of aldehydes is 1. The van der Waals surface area contributed by atoms with Gasteiger partial charge in [0, 0.05) is 37.9 Å². The zero-order valence-electron chi connectivity index (χ0n) is 9.81. The number of rotatable bonds is 2. The second kappa shape index (κ2) is 4.61. The molecule has 2 rings (SSSR count). The van der Waals surface area contributed by atoms with E-state index in [0.717, 1.165) is 43.8 Å². The summed E-state index contributed by atoms with van der Waals surface area (Å²) in [7, 11) is 2.13. The number of carbonyl (C=O) groups is 1. The van der Waals surface area contributed by atoms with Crippen molar-refractivity contribution in [3.8, 4) is 0 Å². The number of likely N-dealkylation sites (N-methyl/N-ethyl adjacent to an activating group) is 1. The monoisotopic (exact) mass is 219 g/mol. The van der Waals surface area contributed by atoms with Gasteiger partial charge < -0.3 is 9.80 Å². The fourth-order valence-corrected chi connectivity index (χ4v) is 1.88. The van der Waals surface area contributed by atoms with Crippen molar-refractivity contribution < 1.29 is 4.79 Å². The van der Waals surface area contributed by atoms with Gasteiger partial charge in [-0.25, -0.2) is 4.98 Å². The van der Waals surface area contributed by atoms with Gasteiger partial charge in [0.05, 0.1) is 0 Å². The summed E-state index contributed by atoms with van der Waals surface area (Å²) in [6.07, 6.45) is 2.52. The Hall–Kier alpha value is -1.42. The van der Waals surface area contributed by atoms with Crippen LogP contribution >= 0.6 is 0 Å². The van der Waals surface area contributed by atoms with Gasteiger partial charge in [-0.3, -0.25) is 4.79 Å². The molecule has 4 nitrogen and oxygen atoms in total. The number of aromatic nitrogens is 1. The van der Waals surface area contributed by atoms with Crippen molar-refractivity contribution in [1.29, 1.82) is 0 Å². The van der Waals surface area contributed by atoms with Crippen LogP contribution in [0, 0.1) is 6.92 Å². The minimum Gasteiger partial charge on any atom is -0.354 e. The minimum atomic E-state index is 0.679. The molecule has 0 saturated carbocycles. The number of hydrogen-bond donors (Lipinski definition) is 0. The van der Waals surface area contributed by atoms with Crippen molar-refractivity contribution in [2.24, 2.45) is 0 Å². The van der Waals surface area contributed by atoms with Crippen molar-refractivity contribution in [2.45, 2.75) is 6.92 Å². The standard InChI is InChI=1S/C12H17N3O/c1-10-7-12(13-8-11(10)9-16)15-5-3-14(2)4-6-15/h7-9H,3-6H2,1-2H3. The molecule has 1 aliphatic heterocycles. The first-order valence-corrected chi connectivity index (χ1v) is 5.56. The smallest absolute Gasteiger partial charge is 0.151 e. The first-order valence-electron chi connectivity index (χ1n) is 5.56. The van der Waals surface area contributed by atoms with Crippen LogP contribution in [0.5, 0.6) is 0 Å². The van der Waals surface area contributed by atoms with Gasteiger partial charge in [0.25, 0.3) is 0 Å². The van der Waals surface area contributed by atoms with Crippen LogP contribution in [0.3, 0.4) is 0 Å². The molecule has 0 atom stereocenters. The number of carbonyl (C=O) groups excluding carboxylic acids is 1. The predicted octanol–water partition coefficient (Wildman–Crippen LogP) is 0.954. The summed E-state index contributed by atoms with van der Waals surface area (Å²) >= 11 is 0. The number of aryl methyl sites for hydroxylation is 1. The van der Waals surface area contributed by atoms with E-state index in [-0.39, 0.29) is 0 Å². The molecule has 0 spiro atoms. The third-order valence-electron chi connectivity index (χ3n) is 3.09. The number of piperazine rings is 1. The molecule has 0 aliphatic carbocycles. The minimum absolute atomic E-state index is 0.679. The molecule has 1 aromatic heterocycles. The molecule has 2 heterocycles. The van der Waals surface area contributed by atoms with Crippen molar-refractivity contribution >= 4 is 12.1 Å². The fourth-order valence-electron chi connectivity index (χ4n) is 1.88. The highest BCUT2D eigenvalue weighted by molar-refractivity contribution is 5.77. The van der Waals surface area contributed by atoms with Gasteiger partial charge in [0.15, 0.2) is 6.29 Å². The quantitative estimate of drug-likeness (QED) is 0.694. The summed E-state index contributed by atoms with van der Waals surface area (Å²) in [5.74, 6) is 0.983. The maximum atomic E-state index is 10.7. The van der Waals surface area contributed by atoms with Gasteiger partial charge in [-0.05, 0) is 25.6 Å². The lowest BCUT2D eigenvalue weighted by molar-refractivity contribution is 0.112. The molecule has 0 N–H and O–H groups in total. The van der Waals surface area contributed by atoms with Gasteiger partial charge in [-0.1, -0.05) is 0 Å². The van der Waals surface area contributed by atoms with E-state index in [0.29, 0.717) is 5.56 Å². The summed E-state index contributed by atoms with van der Waals surface area (Å²) < 4.78 is 0. The molecule has 0 unspecified atom stereocenters. The summed E-state index contributed by atoms with van der Waals surface area (Å²) in [5, 5.41) is 0. The van der Waals surface area contributed by atoms with E-state index in [2.05, 4.69) is 21.8 Å². The van der Waals surface area contributed by atoms with Gasteiger partial charge in [-0.15, -0.1) is 0 Å². The van der Waals surface area contributed by atoms with Crippen LogP contribution in [0.25, 0.3) is 0 Å². The normalized spacial score (nSPS) is 17.5. The number of hydrogen-bond acceptors (Lipinski definition) is 4. The molecule has 86 valence electrons. The van der Waals surface area contributed by atoms with Crippen LogP contribution in [-0.2, 0) is 0 Å². The van der Waals surface area contributed by atoms with E-state index in [4.69, 9.17) is 0 Å². The molecule has 0 amide bonds. The second-order valence-corrected chi connectivity index (χ2v) is 4.31. The average Bonchev–Trinajstić information content (AvgIpc) is 2.30. The molecule has 0 radical (unpaired) electrons. The van der Waals surface area contributed by atoms with Crippen molar-refractivity contribution in [3.63, 3.8) is 0 Å². The molecule has 1 aromatic rings. The van der Waals surface area contributed by atoms with Crippen LogP contribution in [-0.4, -0.2) is 49.4 Å². The molecule has 1 fully saturated rings. The van der Waals surface area contributed by atoms with E-state index in [1.54, 1.807) is 6.20 Å². The number of pyridine rings is 1. The maximum Gasteiger partial charge on any atom is 0.151 e. The van der Waals surface area contributed by atoms with Crippen LogP contribution in [0.2, 0.25) is 0 Å². The third-order valence-corrected chi connectivity index (χ3v) is 3.09. The molecule has 1 saturated heterocycles. The Morgan fingerprint density at radius 1 is 1.31 bits per heavy atom. The number of anilines is 1. The Morgan fingerprint density at radius 2 is 2.00 bits per heavy atom. The summed E-state index contributed by atoms with van der Waals surface area (Å²) in [4.78, 5) is 19.6. The summed E-state index contributed by atoms with van der Waals surface area (Å²) in [6, 6.07) is 2.00. The van der Waals surface area contributed by atoms with Crippen molar-refractivity contribution in [3.05, 3.63) is 23.4 Å². The lowest BCUT2D eigenvalue weighted by atomic mass is 10.1. The van der Waals surface area contributed by atoms with E-state index in [1.165, 1.54) is 0 Å². The van der Waals surface area contributed by atoms with Crippen LogP contribution in [0.1, 0.15) is 15.9 Å². The lowest BCUT2D eigenvalue weighted by Crippen LogP contribution is -2.44. The van der Waals surface area contributed by atoms with Crippen molar-refractivity contribution in [1.82, 2.24) is 9.88 Å². The molecule has 4 heteroatoms. The van der Waals surface area contributed by atoms with Crippen LogP contribution < -0.4 is 4.90 Å². The third kappa shape index (κ3) is 2.22. The molecule has 16 heavy (non-hydrogen) atoms. The molecule has 0 aromatic carbocycles. The highest BCUT2D eigenvalue weighted by atomic mass is 16.1. The molecular formula is C12H17N3O. The highest BCUT2D eigenvalue weighted by Gasteiger charge is 2.15. The Bertz CT molecular complexity index is 384. The highest BCUT2D eigenvalue weighted by Crippen LogP contribution is 2.16. The zero-order chi connectivity index (χ0) is 11.5. The maximum absolute atomic E-state index is 10.7. The van der Waals surface area contributed by atoms with E-state index < -0.39 is 0 Å². The molecular weight excluding hydrogens is 202 g/mol. The topological polar surface area (TPSA) is 36.4 Å². The first kappa shape index (κ1) is 11.1. The van der Waals surface area contributed by atoms with E-state index in [1.807, 2.05) is 13.0 Å². The van der Waals surface area contributed by atoms with Gasteiger partial charge in [0.1, 0.15) is 5.82 Å². The summed E-state index contributed by atoms with van der Waals surface area (Å²) in [6.45, 7) is 6.09. The van der Waals surface area contributed by atoms with Gasteiger partial charge >= 0.3 is 0 Å².